The SMILES string of the molecule is Cc1cc(F)ccc1C(O)CN1C(=O)NC(C2CC2)(C2CC2)C1=O. The monoisotopic (exact) mass is 332 g/mol. The smallest absolute Gasteiger partial charge is 0.325 e. The van der Waals surface area contributed by atoms with Crippen molar-refractivity contribution in [1.29, 1.82) is 0 Å². The number of hydrogen-bond donors (Lipinski definition) is 2. The predicted molar refractivity (Wildman–Crippen MR) is 84.5 cm³/mol. The lowest BCUT2D eigenvalue weighted by atomic mass is 9.87. The van der Waals surface area contributed by atoms with Crippen molar-refractivity contribution in [2.24, 2.45) is 11.8 Å². The second-order valence-electron chi connectivity index (χ2n) is 7.28. The third-order valence-electron chi connectivity index (χ3n) is 5.55. The summed E-state index contributed by atoms with van der Waals surface area (Å²) >= 11 is 0. The maximum Gasteiger partial charge on any atom is 0.325 e. The predicted octanol–water partition coefficient (Wildman–Crippen LogP) is 2.28. The molecule has 1 atom stereocenters. The van der Waals surface area contributed by atoms with Crippen LogP contribution in [0.4, 0.5) is 9.18 Å². The number of benzene rings is 1. The molecule has 0 bridgehead atoms. The van der Waals surface area contributed by atoms with Crippen LogP contribution in [0.25, 0.3) is 0 Å². The number of aryl methyl sites for hydroxylation is 1. The van der Waals surface area contributed by atoms with E-state index in [9.17, 15) is 19.1 Å². The number of nitrogens with one attached hydrogen (secondary N) is 1. The number of β-amino-alcohol motifs (C(OH)–C–C–N with tert-alkyl or cyclic N) is 1. The fourth-order valence-electron chi connectivity index (χ4n) is 4.03. The first-order valence-electron chi connectivity index (χ1n) is 8.51. The van der Waals surface area contributed by atoms with Crippen LogP contribution in [0.5, 0.6) is 0 Å². The Morgan fingerprint density at radius 1 is 1.29 bits per heavy atom. The molecule has 2 N–H and O–H groups in total. The van der Waals surface area contributed by atoms with Gasteiger partial charge in [0.1, 0.15) is 11.4 Å². The second-order valence-corrected chi connectivity index (χ2v) is 7.28. The molecule has 3 aliphatic rings. The van der Waals surface area contributed by atoms with E-state index in [0.29, 0.717) is 11.1 Å². The molecule has 6 heteroatoms. The van der Waals surface area contributed by atoms with E-state index in [1.165, 1.54) is 18.2 Å². The van der Waals surface area contributed by atoms with Gasteiger partial charge in [-0.2, -0.15) is 0 Å². The van der Waals surface area contributed by atoms with Crippen LogP contribution in [-0.4, -0.2) is 34.0 Å². The lowest BCUT2D eigenvalue weighted by molar-refractivity contribution is -0.133. The van der Waals surface area contributed by atoms with Gasteiger partial charge < -0.3 is 10.4 Å². The lowest BCUT2D eigenvalue weighted by Gasteiger charge is -2.27. The molecule has 1 aromatic rings. The highest BCUT2D eigenvalue weighted by Gasteiger charge is 2.65. The molecule has 2 aliphatic carbocycles. The number of halogens is 1. The maximum atomic E-state index is 13.2. The third-order valence-corrected chi connectivity index (χ3v) is 5.55. The van der Waals surface area contributed by atoms with Crippen molar-refractivity contribution in [2.75, 3.05) is 6.54 Å². The molecule has 0 aromatic heterocycles. The summed E-state index contributed by atoms with van der Waals surface area (Å²) in [6.45, 7) is 1.60. The largest absolute Gasteiger partial charge is 0.387 e. The molecule has 1 unspecified atom stereocenters. The van der Waals surface area contributed by atoms with Gasteiger partial charge in [-0.05, 0) is 67.7 Å². The van der Waals surface area contributed by atoms with E-state index in [1.54, 1.807) is 6.92 Å². The number of amides is 3. The fourth-order valence-corrected chi connectivity index (χ4v) is 4.03. The van der Waals surface area contributed by atoms with Crippen molar-refractivity contribution in [3.05, 3.63) is 35.1 Å². The number of carbonyl (C=O) groups is 2. The van der Waals surface area contributed by atoms with Gasteiger partial charge in [0.25, 0.3) is 5.91 Å². The molecule has 1 aliphatic heterocycles. The van der Waals surface area contributed by atoms with Gasteiger partial charge in [0.2, 0.25) is 0 Å². The second kappa shape index (κ2) is 5.28. The first-order chi connectivity index (χ1) is 11.4. The summed E-state index contributed by atoms with van der Waals surface area (Å²) in [4.78, 5) is 26.5. The summed E-state index contributed by atoms with van der Waals surface area (Å²) in [5, 5.41) is 13.4. The highest BCUT2D eigenvalue weighted by molar-refractivity contribution is 6.08. The summed E-state index contributed by atoms with van der Waals surface area (Å²) in [6, 6.07) is 3.69. The van der Waals surface area contributed by atoms with Crippen molar-refractivity contribution in [3.63, 3.8) is 0 Å². The summed E-state index contributed by atoms with van der Waals surface area (Å²) in [7, 11) is 0. The number of imide groups is 1. The van der Waals surface area contributed by atoms with Gasteiger partial charge in [0, 0.05) is 0 Å². The highest BCUT2D eigenvalue weighted by Crippen LogP contribution is 2.54. The Balaban J connectivity index is 1.56. The van der Waals surface area contributed by atoms with Gasteiger partial charge in [-0.3, -0.25) is 9.69 Å². The van der Waals surface area contributed by atoms with Gasteiger partial charge in [0.05, 0.1) is 12.6 Å². The molecule has 2 saturated carbocycles. The molecule has 5 nitrogen and oxygen atoms in total. The van der Waals surface area contributed by atoms with Gasteiger partial charge >= 0.3 is 6.03 Å². The number of aliphatic hydroxyl groups is 1. The molecule has 3 amide bonds. The topological polar surface area (TPSA) is 69.6 Å². The number of hydrogen-bond acceptors (Lipinski definition) is 3. The number of aliphatic hydroxyl groups excluding tert-OH is 1. The Labute approximate surface area is 139 Å². The van der Waals surface area contributed by atoms with E-state index in [1.807, 2.05) is 0 Å². The zero-order valence-electron chi connectivity index (χ0n) is 13.6. The van der Waals surface area contributed by atoms with Gasteiger partial charge in [-0.15, -0.1) is 0 Å². The zero-order chi connectivity index (χ0) is 17.1. The number of rotatable bonds is 5. The van der Waals surface area contributed by atoms with E-state index in [-0.39, 0.29) is 30.1 Å². The van der Waals surface area contributed by atoms with Crippen LogP contribution in [0.2, 0.25) is 0 Å². The molecule has 24 heavy (non-hydrogen) atoms. The summed E-state index contributed by atoms with van der Waals surface area (Å²) in [5.41, 5.74) is 0.395. The van der Waals surface area contributed by atoms with Crippen LogP contribution in [-0.2, 0) is 4.79 Å². The molecule has 1 saturated heterocycles. The van der Waals surface area contributed by atoms with E-state index in [0.717, 1.165) is 30.6 Å². The van der Waals surface area contributed by atoms with Gasteiger partial charge in [-0.1, -0.05) is 6.07 Å². The number of urea groups is 1. The van der Waals surface area contributed by atoms with Crippen molar-refractivity contribution in [3.8, 4) is 0 Å². The molecule has 3 fully saturated rings. The normalized spacial score (nSPS) is 24.2. The van der Waals surface area contributed by atoms with Crippen molar-refractivity contribution in [2.45, 2.75) is 44.2 Å². The van der Waals surface area contributed by atoms with Crippen LogP contribution in [0, 0.1) is 24.6 Å². The Kier molecular flexibility index (Phi) is 3.42. The van der Waals surface area contributed by atoms with Crippen LogP contribution in [0.1, 0.15) is 42.9 Å². The first-order valence-corrected chi connectivity index (χ1v) is 8.51. The van der Waals surface area contributed by atoms with Crippen LogP contribution in [0.15, 0.2) is 18.2 Å². The molecule has 128 valence electrons. The lowest BCUT2D eigenvalue weighted by Crippen LogP contribution is -2.51. The minimum absolute atomic E-state index is 0.0989. The first kappa shape index (κ1) is 15.6. The quantitative estimate of drug-likeness (QED) is 0.813. The highest BCUT2D eigenvalue weighted by atomic mass is 19.1. The molecule has 1 heterocycles. The molecule has 1 aromatic carbocycles. The van der Waals surface area contributed by atoms with Crippen molar-refractivity contribution >= 4 is 11.9 Å². The maximum absolute atomic E-state index is 13.2. The molecule has 0 radical (unpaired) electrons. The minimum atomic E-state index is -1.02. The molecular weight excluding hydrogens is 311 g/mol. The van der Waals surface area contributed by atoms with Crippen molar-refractivity contribution in [1.82, 2.24) is 10.2 Å². The molecule has 0 spiro atoms. The Morgan fingerprint density at radius 2 is 1.92 bits per heavy atom. The van der Waals surface area contributed by atoms with Gasteiger partial charge in [-0.25, -0.2) is 9.18 Å². The Hall–Kier alpha value is -1.95. The van der Waals surface area contributed by atoms with E-state index in [2.05, 4.69) is 5.32 Å². The van der Waals surface area contributed by atoms with E-state index in [4.69, 9.17) is 0 Å². The average molecular weight is 332 g/mol. The van der Waals surface area contributed by atoms with Crippen molar-refractivity contribution < 1.29 is 19.1 Å². The summed E-state index contributed by atoms with van der Waals surface area (Å²) in [5.74, 6) is -0.108. The van der Waals surface area contributed by atoms with E-state index >= 15 is 0 Å². The minimum Gasteiger partial charge on any atom is -0.387 e. The summed E-state index contributed by atoms with van der Waals surface area (Å²) in [6.07, 6.45) is 2.85. The third kappa shape index (κ3) is 2.32. The van der Waals surface area contributed by atoms with Crippen LogP contribution < -0.4 is 5.32 Å². The molecule has 4 rings (SSSR count). The van der Waals surface area contributed by atoms with Gasteiger partial charge in [0.15, 0.2) is 0 Å². The zero-order valence-corrected chi connectivity index (χ0v) is 13.6. The molecular formula is C18H21FN2O3. The average Bonchev–Trinajstić information content (AvgIpc) is 3.42. The Morgan fingerprint density at radius 3 is 2.46 bits per heavy atom. The van der Waals surface area contributed by atoms with E-state index < -0.39 is 17.7 Å². The number of carbonyl (C=O) groups excluding carboxylic acids is 2. The number of nitrogens with zero attached hydrogens (tertiary/aromatic N) is 1. The summed E-state index contributed by atoms with van der Waals surface area (Å²) < 4.78 is 13.2. The fraction of sp³-hybridized carbons (Fsp3) is 0.556. The van der Waals surface area contributed by atoms with Crippen LogP contribution >= 0.6 is 0 Å². The standard InChI is InChI=1S/C18H21FN2O3/c1-10-8-13(19)6-7-14(10)15(22)9-21-16(23)18(11-2-3-11,12-4-5-12)20-17(21)24/h6-8,11-12,15,22H,2-5,9H2,1H3,(H,20,24). The van der Waals surface area contributed by atoms with Crippen LogP contribution in [0.3, 0.4) is 0 Å². The Bertz CT molecular complexity index is 700.